The summed E-state index contributed by atoms with van der Waals surface area (Å²) in [7, 11) is 0. The molecule has 17 heavy (non-hydrogen) atoms. The second kappa shape index (κ2) is 5.83. The van der Waals surface area contributed by atoms with E-state index in [0.29, 0.717) is 0 Å². The fraction of sp³-hybridized carbons (Fsp3) is 0.600. The van der Waals surface area contributed by atoms with Crippen LogP contribution in [0, 0.1) is 23.8 Å². The summed E-state index contributed by atoms with van der Waals surface area (Å²) in [6, 6.07) is 7.06. The molecule has 0 aromatic carbocycles. The zero-order valence-electron chi connectivity index (χ0n) is 12.4. The van der Waals surface area contributed by atoms with Crippen molar-refractivity contribution >= 4 is 0 Å². The van der Waals surface area contributed by atoms with Crippen LogP contribution in [0.4, 0.5) is 0 Å². The summed E-state index contributed by atoms with van der Waals surface area (Å²) in [6.07, 6.45) is 1.82. The maximum Gasteiger partial charge on any atom is 1.00 e. The van der Waals surface area contributed by atoms with E-state index in [4.69, 9.17) is 0 Å². The van der Waals surface area contributed by atoms with Crippen LogP contribution in [0.2, 0.25) is 0 Å². The molecule has 0 N–H and O–H groups in total. The molecule has 0 aliphatic carbocycles. The second-order valence-electron chi connectivity index (χ2n) is 6.54. The minimum Gasteiger partial charge on any atom is -0.332 e. The minimum atomic E-state index is -0.249. The molecule has 1 aromatic rings. The van der Waals surface area contributed by atoms with Crippen molar-refractivity contribution in [1.82, 2.24) is 4.98 Å². The molecule has 1 aromatic heterocycles. The van der Waals surface area contributed by atoms with E-state index >= 15 is 0 Å². The third-order valence-electron chi connectivity index (χ3n) is 3.57. The molecule has 1 heterocycles. The molecule has 0 aliphatic heterocycles. The van der Waals surface area contributed by atoms with Crippen molar-refractivity contribution in [3.63, 3.8) is 0 Å². The molecule has 90 valence electrons. The van der Waals surface area contributed by atoms with Gasteiger partial charge in [-0.2, -0.15) is 6.07 Å². The van der Waals surface area contributed by atoms with Crippen molar-refractivity contribution in [3.05, 3.63) is 37.0 Å². The summed E-state index contributed by atoms with van der Waals surface area (Å²) in [5.41, 5.74) is 0.781. The Labute approximate surface area is 149 Å². The summed E-state index contributed by atoms with van der Waals surface area (Å²) in [5, 5.41) is 0. The standard InChI is InChI=1S/C15H23N.K/c1-13(2,3)15(7,14(4,5)6)12-10-8-9-11-16-12;/h8-9,11H,7H2,1-6H3;/q-2;+1. The van der Waals surface area contributed by atoms with Gasteiger partial charge in [0, 0.05) is 0 Å². The number of rotatable bonds is 1. The fourth-order valence-corrected chi connectivity index (χ4v) is 2.39. The molecular weight excluding hydrogens is 233 g/mol. The van der Waals surface area contributed by atoms with Gasteiger partial charge in [0.05, 0.1) is 0 Å². The topological polar surface area (TPSA) is 12.9 Å². The van der Waals surface area contributed by atoms with Gasteiger partial charge in [-0.15, -0.1) is 5.41 Å². The van der Waals surface area contributed by atoms with Gasteiger partial charge in [0.25, 0.3) is 0 Å². The number of nitrogens with zero attached hydrogens (tertiary/aromatic N) is 1. The van der Waals surface area contributed by atoms with Crippen molar-refractivity contribution in [2.75, 3.05) is 0 Å². The van der Waals surface area contributed by atoms with Gasteiger partial charge in [-0.3, -0.25) is 0 Å². The Hall–Kier alpha value is 0.786. The molecule has 0 fully saturated rings. The normalized spacial score (nSPS) is 13.1. The molecule has 0 unspecified atom stereocenters. The predicted octanol–water partition coefficient (Wildman–Crippen LogP) is 1.05. The van der Waals surface area contributed by atoms with Gasteiger partial charge in [0.1, 0.15) is 0 Å². The summed E-state index contributed by atoms with van der Waals surface area (Å²) in [4.78, 5) is 4.47. The second-order valence-corrected chi connectivity index (χ2v) is 6.54. The summed E-state index contributed by atoms with van der Waals surface area (Å²) in [5.74, 6) is 0. The van der Waals surface area contributed by atoms with Crippen molar-refractivity contribution in [1.29, 1.82) is 0 Å². The van der Waals surface area contributed by atoms with E-state index in [-0.39, 0.29) is 67.6 Å². The monoisotopic (exact) mass is 256 g/mol. The predicted molar refractivity (Wildman–Crippen MR) is 69.0 cm³/mol. The maximum atomic E-state index is 4.49. The molecule has 0 saturated carbocycles. The first-order valence-electron chi connectivity index (χ1n) is 5.79. The molecular formula is C15H23KN-. The van der Waals surface area contributed by atoms with Crippen LogP contribution in [-0.4, -0.2) is 4.98 Å². The quantitative estimate of drug-likeness (QED) is 0.541. The van der Waals surface area contributed by atoms with Crippen LogP contribution in [0.25, 0.3) is 0 Å². The first-order valence-corrected chi connectivity index (χ1v) is 5.79. The minimum absolute atomic E-state index is 0. The van der Waals surface area contributed by atoms with E-state index in [1.165, 1.54) is 0 Å². The van der Waals surface area contributed by atoms with E-state index in [1.807, 2.05) is 18.3 Å². The maximum absolute atomic E-state index is 4.49. The van der Waals surface area contributed by atoms with Crippen LogP contribution < -0.4 is 51.4 Å². The summed E-state index contributed by atoms with van der Waals surface area (Å²) < 4.78 is 0. The largest absolute Gasteiger partial charge is 1.00 e. The Morgan fingerprint density at radius 3 is 1.82 bits per heavy atom. The molecule has 1 rings (SSSR count). The molecule has 1 nitrogen and oxygen atoms in total. The molecule has 0 atom stereocenters. The van der Waals surface area contributed by atoms with Gasteiger partial charge in [-0.05, 0) is 0 Å². The summed E-state index contributed by atoms with van der Waals surface area (Å²) >= 11 is 0. The smallest absolute Gasteiger partial charge is 0.332 e. The van der Waals surface area contributed by atoms with Crippen LogP contribution in [0.5, 0.6) is 0 Å². The van der Waals surface area contributed by atoms with Crippen molar-refractivity contribution < 1.29 is 51.4 Å². The third-order valence-corrected chi connectivity index (χ3v) is 3.57. The molecule has 0 saturated heterocycles. The van der Waals surface area contributed by atoms with Gasteiger partial charge in [0.15, 0.2) is 0 Å². The molecule has 0 bridgehead atoms. The van der Waals surface area contributed by atoms with Gasteiger partial charge in [-0.25, -0.2) is 12.1 Å². The van der Waals surface area contributed by atoms with E-state index in [1.54, 1.807) is 0 Å². The number of hydrogen-bond acceptors (Lipinski definition) is 1. The number of hydrogen-bond donors (Lipinski definition) is 0. The van der Waals surface area contributed by atoms with Crippen LogP contribution in [-0.2, 0) is 5.41 Å². The molecule has 0 spiro atoms. The first-order chi connectivity index (χ1) is 7.11. The fourth-order valence-electron chi connectivity index (χ4n) is 2.39. The van der Waals surface area contributed by atoms with Gasteiger partial charge < -0.3 is 11.9 Å². The Balaban J connectivity index is 0.00000256. The van der Waals surface area contributed by atoms with E-state index in [9.17, 15) is 0 Å². The number of aromatic nitrogens is 1. The van der Waals surface area contributed by atoms with Crippen molar-refractivity contribution in [2.24, 2.45) is 10.8 Å². The number of pyridine rings is 1. The zero-order chi connectivity index (χ0) is 12.6. The SMILES string of the molecule is [CH2-]C(c1[c-]cccn1)(C(C)(C)C)C(C)(C)C.[K+]. The van der Waals surface area contributed by atoms with Gasteiger partial charge in [-0.1, -0.05) is 64.3 Å². The van der Waals surface area contributed by atoms with Crippen molar-refractivity contribution in [2.45, 2.75) is 47.0 Å². The van der Waals surface area contributed by atoms with Crippen LogP contribution >= 0.6 is 0 Å². The van der Waals surface area contributed by atoms with E-state index in [2.05, 4.69) is 59.5 Å². The first kappa shape index (κ1) is 17.8. The molecule has 0 aliphatic rings. The molecule has 0 radical (unpaired) electrons. The Bertz CT molecular complexity index is 329. The van der Waals surface area contributed by atoms with Crippen LogP contribution in [0.3, 0.4) is 0 Å². The van der Waals surface area contributed by atoms with Gasteiger partial charge >= 0.3 is 51.4 Å². The third kappa shape index (κ3) is 3.41. The van der Waals surface area contributed by atoms with Crippen LogP contribution in [0.1, 0.15) is 47.2 Å². The van der Waals surface area contributed by atoms with Crippen molar-refractivity contribution in [3.8, 4) is 0 Å². The average molecular weight is 256 g/mol. The Kier molecular flexibility index (Phi) is 6.10. The van der Waals surface area contributed by atoms with Crippen LogP contribution in [0.15, 0.2) is 18.3 Å². The molecule has 0 amide bonds. The van der Waals surface area contributed by atoms with Gasteiger partial charge in [0.2, 0.25) is 0 Å². The molecule has 2 heteroatoms. The van der Waals surface area contributed by atoms with E-state index in [0.717, 1.165) is 5.69 Å². The van der Waals surface area contributed by atoms with E-state index < -0.39 is 0 Å². The Morgan fingerprint density at radius 1 is 1.06 bits per heavy atom. The zero-order valence-corrected chi connectivity index (χ0v) is 15.5. The Morgan fingerprint density at radius 2 is 1.53 bits per heavy atom. The summed E-state index contributed by atoms with van der Waals surface area (Å²) in [6.45, 7) is 17.8. The average Bonchev–Trinajstić information content (AvgIpc) is 2.14.